The Balaban J connectivity index is 1.67. The van der Waals surface area contributed by atoms with Crippen molar-refractivity contribution in [2.24, 2.45) is 5.41 Å². The van der Waals surface area contributed by atoms with E-state index in [1.54, 1.807) is 0 Å². The maximum absolute atomic E-state index is 4.99. The topological polar surface area (TPSA) is 12.9 Å². The Kier molecular flexibility index (Phi) is 4.93. The Morgan fingerprint density at radius 3 is 1.97 bits per heavy atom. The molecule has 1 nitrogen and oxygen atoms in total. The molecule has 0 radical (unpaired) electrons. The first kappa shape index (κ1) is 21.8. The first-order valence-corrected chi connectivity index (χ1v) is 12.5. The van der Waals surface area contributed by atoms with Gasteiger partial charge in [0.05, 0.1) is 5.69 Å². The molecule has 1 aliphatic carbocycles. The summed E-state index contributed by atoms with van der Waals surface area (Å²) in [7, 11) is 0. The molecule has 0 amide bonds. The van der Waals surface area contributed by atoms with E-state index >= 15 is 0 Å². The first-order valence-electron chi connectivity index (χ1n) is 12.5. The number of benzene rings is 4. The van der Waals surface area contributed by atoms with Crippen LogP contribution in [0.15, 0.2) is 85.1 Å². The number of nitrogens with zero attached hydrogens (tertiary/aromatic N) is 1. The molecule has 0 fully saturated rings. The van der Waals surface area contributed by atoms with Crippen molar-refractivity contribution in [3.8, 4) is 44.6 Å². The molecule has 0 aliphatic heterocycles. The molecule has 35 heavy (non-hydrogen) atoms. The average molecular weight is 454 g/mol. The maximum atomic E-state index is 4.99. The van der Waals surface area contributed by atoms with Gasteiger partial charge in [-0.25, -0.2) is 0 Å². The van der Waals surface area contributed by atoms with Crippen molar-refractivity contribution in [2.75, 3.05) is 0 Å². The van der Waals surface area contributed by atoms with Crippen LogP contribution < -0.4 is 0 Å². The smallest absolute Gasteiger partial charge is 0.0708 e. The molecule has 0 bridgehead atoms. The lowest BCUT2D eigenvalue weighted by atomic mass is 9.85. The molecule has 0 unspecified atom stereocenters. The normalized spacial score (nSPS) is 12.3. The van der Waals surface area contributed by atoms with Gasteiger partial charge in [-0.3, -0.25) is 4.98 Å². The number of hydrogen-bond acceptors (Lipinski definition) is 1. The quantitative estimate of drug-likeness (QED) is 0.254. The van der Waals surface area contributed by atoms with Gasteiger partial charge in [0.25, 0.3) is 0 Å². The van der Waals surface area contributed by atoms with Crippen molar-refractivity contribution >= 4 is 10.8 Å². The van der Waals surface area contributed by atoms with Gasteiger partial charge in [0, 0.05) is 17.3 Å². The fourth-order valence-electron chi connectivity index (χ4n) is 5.73. The van der Waals surface area contributed by atoms with Crippen molar-refractivity contribution in [1.82, 2.24) is 4.98 Å². The lowest BCUT2D eigenvalue weighted by molar-refractivity contribution is 0.411. The molecule has 1 heterocycles. The summed E-state index contributed by atoms with van der Waals surface area (Å²) in [6.45, 7) is 11.2. The molecule has 1 aromatic heterocycles. The number of fused-ring (bicyclic) bond motifs is 5. The van der Waals surface area contributed by atoms with Crippen LogP contribution in [0.1, 0.15) is 37.5 Å². The van der Waals surface area contributed by atoms with Crippen molar-refractivity contribution in [3.05, 3.63) is 102 Å². The molecule has 1 aliphatic rings. The van der Waals surface area contributed by atoms with E-state index in [1.807, 2.05) is 0 Å². The van der Waals surface area contributed by atoms with Crippen LogP contribution in [0.25, 0.3) is 55.4 Å². The van der Waals surface area contributed by atoms with Gasteiger partial charge in [-0.1, -0.05) is 92.6 Å². The molecule has 0 N–H and O–H groups in total. The minimum Gasteiger partial charge on any atom is -0.256 e. The van der Waals surface area contributed by atoms with E-state index in [-0.39, 0.29) is 5.41 Å². The van der Waals surface area contributed by atoms with E-state index < -0.39 is 0 Å². The summed E-state index contributed by atoms with van der Waals surface area (Å²) in [5.74, 6) is 0. The number of hydrogen-bond donors (Lipinski definition) is 0. The van der Waals surface area contributed by atoms with E-state index in [9.17, 15) is 0 Å². The van der Waals surface area contributed by atoms with Gasteiger partial charge < -0.3 is 0 Å². The number of aromatic nitrogens is 1. The second-order valence-electron chi connectivity index (χ2n) is 11.3. The van der Waals surface area contributed by atoms with Crippen molar-refractivity contribution < 1.29 is 0 Å². The van der Waals surface area contributed by atoms with Gasteiger partial charge in [-0.2, -0.15) is 0 Å². The zero-order valence-corrected chi connectivity index (χ0v) is 21.2. The number of pyridine rings is 1. The number of aryl methyl sites for hydroxylation is 2. The molecule has 5 aromatic rings. The summed E-state index contributed by atoms with van der Waals surface area (Å²) >= 11 is 0. The minimum atomic E-state index is 0.237. The van der Waals surface area contributed by atoms with E-state index in [1.165, 1.54) is 66.4 Å². The summed E-state index contributed by atoms with van der Waals surface area (Å²) in [6, 6.07) is 29.4. The third kappa shape index (κ3) is 3.86. The lowest BCUT2D eigenvalue weighted by Crippen LogP contribution is -2.09. The van der Waals surface area contributed by atoms with Gasteiger partial charge in [0.2, 0.25) is 0 Å². The molecular weight excluding hydrogens is 422 g/mol. The zero-order valence-electron chi connectivity index (χ0n) is 21.2. The monoisotopic (exact) mass is 453 g/mol. The van der Waals surface area contributed by atoms with Crippen LogP contribution in [0.3, 0.4) is 0 Å². The lowest BCUT2D eigenvalue weighted by Gasteiger charge is -2.20. The third-order valence-corrected chi connectivity index (χ3v) is 7.02. The molecule has 6 rings (SSSR count). The van der Waals surface area contributed by atoms with Crippen LogP contribution in [0.2, 0.25) is 0 Å². The predicted octanol–water partition coefficient (Wildman–Crippen LogP) is 9.42. The van der Waals surface area contributed by atoms with E-state index in [0.717, 1.165) is 12.1 Å². The highest BCUT2D eigenvalue weighted by molar-refractivity contribution is 6.13. The maximum Gasteiger partial charge on any atom is 0.0708 e. The summed E-state index contributed by atoms with van der Waals surface area (Å²) in [5, 5.41) is 2.60. The van der Waals surface area contributed by atoms with Gasteiger partial charge in [0.15, 0.2) is 0 Å². The standard InChI is InChI=1S/C34H31N/c1-21-14-22(2)16-25(15-21)32-18-30-26-13-12-23(19-34(3,4)5)17-29(26)27-10-6-8-24-9-7-11-28(33(24)27)31(30)20-35-32/h6-18,20H,19H2,1-5H3. The molecule has 0 saturated heterocycles. The van der Waals surface area contributed by atoms with Gasteiger partial charge in [0.1, 0.15) is 0 Å². The van der Waals surface area contributed by atoms with Crippen LogP contribution in [-0.2, 0) is 6.42 Å². The second kappa shape index (κ2) is 7.92. The second-order valence-corrected chi connectivity index (χ2v) is 11.3. The summed E-state index contributed by atoms with van der Waals surface area (Å²) in [4.78, 5) is 4.99. The predicted molar refractivity (Wildman–Crippen MR) is 150 cm³/mol. The third-order valence-electron chi connectivity index (χ3n) is 7.02. The van der Waals surface area contributed by atoms with Crippen molar-refractivity contribution in [1.29, 1.82) is 0 Å². The van der Waals surface area contributed by atoms with E-state index in [4.69, 9.17) is 4.98 Å². The average Bonchev–Trinajstić information content (AvgIpc) is 2.92. The Morgan fingerprint density at radius 2 is 1.29 bits per heavy atom. The molecule has 0 atom stereocenters. The molecule has 1 heteroatoms. The highest BCUT2D eigenvalue weighted by Crippen LogP contribution is 2.48. The highest BCUT2D eigenvalue weighted by Gasteiger charge is 2.23. The molecule has 0 spiro atoms. The molecular formula is C34H31N. The van der Waals surface area contributed by atoms with Crippen molar-refractivity contribution in [2.45, 2.75) is 41.0 Å². The zero-order chi connectivity index (χ0) is 24.3. The summed E-state index contributed by atoms with van der Waals surface area (Å²) in [5.41, 5.74) is 14.0. The SMILES string of the molecule is Cc1cc(C)cc(-c2cc3c(cn2)-c2cccc4cccc(c24)-c2cc(CC(C)(C)C)ccc2-3)c1. The van der Waals surface area contributed by atoms with Crippen LogP contribution in [0, 0.1) is 19.3 Å². The molecule has 4 aromatic carbocycles. The van der Waals surface area contributed by atoms with E-state index in [0.29, 0.717) is 0 Å². The van der Waals surface area contributed by atoms with Crippen LogP contribution in [-0.4, -0.2) is 4.98 Å². The Hall–Kier alpha value is -3.71. The van der Waals surface area contributed by atoms with Gasteiger partial charge in [-0.15, -0.1) is 0 Å². The fourth-order valence-corrected chi connectivity index (χ4v) is 5.73. The van der Waals surface area contributed by atoms with E-state index in [2.05, 4.69) is 120 Å². The van der Waals surface area contributed by atoms with Crippen LogP contribution in [0.4, 0.5) is 0 Å². The Labute approximate surface area is 208 Å². The molecule has 0 saturated carbocycles. The van der Waals surface area contributed by atoms with Crippen molar-refractivity contribution in [3.63, 3.8) is 0 Å². The summed E-state index contributed by atoms with van der Waals surface area (Å²) < 4.78 is 0. The van der Waals surface area contributed by atoms with Gasteiger partial charge in [-0.05, 0) is 88.0 Å². The first-order chi connectivity index (χ1) is 16.8. The Morgan fingerprint density at radius 1 is 0.629 bits per heavy atom. The molecule has 172 valence electrons. The van der Waals surface area contributed by atoms with Crippen LogP contribution in [0.5, 0.6) is 0 Å². The summed E-state index contributed by atoms with van der Waals surface area (Å²) in [6.07, 6.45) is 3.14. The largest absolute Gasteiger partial charge is 0.256 e. The highest BCUT2D eigenvalue weighted by atomic mass is 14.7. The minimum absolute atomic E-state index is 0.237. The van der Waals surface area contributed by atoms with Crippen LogP contribution >= 0.6 is 0 Å². The van der Waals surface area contributed by atoms with Gasteiger partial charge >= 0.3 is 0 Å². The fraction of sp³-hybridized carbons (Fsp3) is 0.206. The number of rotatable bonds is 2. The Bertz CT molecular complexity index is 1590.